The first-order valence-electron chi connectivity index (χ1n) is 6.62. The maximum Gasteiger partial charge on any atom is 0.455 e. The van der Waals surface area contributed by atoms with E-state index in [1.54, 1.807) is 12.1 Å². The number of hydrogen-bond donors (Lipinski definition) is 1. The minimum Gasteiger partial charge on any atom is -0.404 e. The number of carbonyl (C=O) groups is 1. The van der Waals surface area contributed by atoms with Crippen LogP contribution in [0.5, 0.6) is 0 Å². The smallest absolute Gasteiger partial charge is 0.404 e. The second-order valence-corrected chi connectivity index (χ2v) is 4.65. The zero-order chi connectivity index (χ0) is 15.5. The molecule has 2 heterocycles. The molecule has 0 aliphatic rings. The van der Waals surface area contributed by atoms with Crippen molar-refractivity contribution in [1.29, 1.82) is 0 Å². The Bertz CT molecular complexity index is 882. The number of rotatable bonds is 3. The minimum atomic E-state index is -0.806. The van der Waals surface area contributed by atoms with E-state index < -0.39 is 11.8 Å². The molecule has 3 aromatic rings. The third-order valence-electron chi connectivity index (χ3n) is 3.16. The lowest BCUT2D eigenvalue weighted by Crippen LogP contribution is -2.35. The van der Waals surface area contributed by atoms with E-state index in [1.807, 2.05) is 31.2 Å². The molecule has 0 fully saturated rings. The van der Waals surface area contributed by atoms with E-state index in [0.717, 1.165) is 15.9 Å². The standard InChI is InChI=1S/C15H13N3O4/c1-10-5-2-3-6-11(10)9-17-14(19)22-18-13-12(21-15(18)20)7-4-8-16-13/h2-8H,9H2,1H3,(H,17,19). The van der Waals surface area contributed by atoms with Gasteiger partial charge in [-0.25, -0.2) is 14.6 Å². The van der Waals surface area contributed by atoms with Gasteiger partial charge in [-0.2, -0.15) is 0 Å². The van der Waals surface area contributed by atoms with Crippen molar-refractivity contribution in [3.8, 4) is 0 Å². The number of benzene rings is 1. The van der Waals surface area contributed by atoms with E-state index >= 15 is 0 Å². The minimum absolute atomic E-state index is 0.151. The van der Waals surface area contributed by atoms with Gasteiger partial charge < -0.3 is 14.6 Å². The lowest BCUT2D eigenvalue weighted by Gasteiger charge is -2.07. The largest absolute Gasteiger partial charge is 0.455 e. The SMILES string of the molecule is Cc1ccccc1CNC(=O)On1c(=O)oc2cccnc21. The molecule has 0 radical (unpaired) electrons. The van der Waals surface area contributed by atoms with Crippen molar-refractivity contribution in [2.75, 3.05) is 0 Å². The molecule has 0 saturated carbocycles. The van der Waals surface area contributed by atoms with Crippen molar-refractivity contribution in [2.45, 2.75) is 13.5 Å². The number of oxazole rings is 1. The maximum absolute atomic E-state index is 11.8. The molecule has 2 aromatic heterocycles. The average molecular weight is 299 g/mol. The van der Waals surface area contributed by atoms with Crippen LogP contribution in [0.1, 0.15) is 11.1 Å². The molecule has 7 nitrogen and oxygen atoms in total. The Kier molecular flexibility index (Phi) is 3.61. The number of aryl methyl sites for hydroxylation is 1. The summed E-state index contributed by atoms with van der Waals surface area (Å²) in [7, 11) is 0. The first-order valence-corrected chi connectivity index (χ1v) is 6.62. The lowest BCUT2D eigenvalue weighted by molar-refractivity contribution is 0.126. The zero-order valence-corrected chi connectivity index (χ0v) is 11.8. The summed E-state index contributed by atoms with van der Waals surface area (Å²) in [5, 5.41) is 2.58. The van der Waals surface area contributed by atoms with E-state index in [-0.39, 0.29) is 11.2 Å². The number of carbonyl (C=O) groups excluding carboxylic acids is 1. The molecule has 22 heavy (non-hydrogen) atoms. The fourth-order valence-corrected chi connectivity index (χ4v) is 2.01. The van der Waals surface area contributed by atoms with Crippen LogP contribution in [0.2, 0.25) is 0 Å². The Balaban J connectivity index is 1.73. The fourth-order valence-electron chi connectivity index (χ4n) is 2.01. The van der Waals surface area contributed by atoms with Crippen LogP contribution < -0.4 is 15.9 Å². The van der Waals surface area contributed by atoms with Gasteiger partial charge in [0.2, 0.25) is 5.65 Å². The highest BCUT2D eigenvalue weighted by atomic mass is 16.7. The second-order valence-electron chi connectivity index (χ2n) is 4.65. The number of nitrogens with zero attached hydrogens (tertiary/aromatic N) is 2. The lowest BCUT2D eigenvalue weighted by atomic mass is 10.1. The molecule has 0 aliphatic carbocycles. The molecular weight excluding hydrogens is 286 g/mol. The van der Waals surface area contributed by atoms with Crippen molar-refractivity contribution in [2.24, 2.45) is 0 Å². The fraction of sp³-hybridized carbons (Fsp3) is 0.133. The van der Waals surface area contributed by atoms with E-state index in [1.165, 1.54) is 6.20 Å². The van der Waals surface area contributed by atoms with Gasteiger partial charge in [0.15, 0.2) is 5.58 Å². The van der Waals surface area contributed by atoms with Crippen molar-refractivity contribution < 1.29 is 14.0 Å². The number of nitrogens with one attached hydrogen (secondary N) is 1. The van der Waals surface area contributed by atoms with Gasteiger partial charge in [0.25, 0.3) is 0 Å². The summed E-state index contributed by atoms with van der Waals surface area (Å²) in [5.74, 6) is -0.806. The van der Waals surface area contributed by atoms with Gasteiger partial charge >= 0.3 is 11.8 Å². The van der Waals surface area contributed by atoms with Gasteiger partial charge in [0, 0.05) is 12.7 Å². The number of pyridine rings is 1. The van der Waals surface area contributed by atoms with Gasteiger partial charge in [0.1, 0.15) is 0 Å². The second kappa shape index (κ2) is 5.72. The van der Waals surface area contributed by atoms with Crippen LogP contribution in [0.3, 0.4) is 0 Å². The molecule has 0 bridgehead atoms. The Morgan fingerprint density at radius 1 is 1.32 bits per heavy atom. The van der Waals surface area contributed by atoms with Crippen LogP contribution in [-0.2, 0) is 6.54 Å². The number of fused-ring (bicyclic) bond motifs is 1. The molecule has 7 heteroatoms. The molecule has 0 saturated heterocycles. The normalized spacial score (nSPS) is 10.6. The first kappa shape index (κ1) is 13.9. The molecular formula is C15H13N3O4. The van der Waals surface area contributed by atoms with Gasteiger partial charge in [-0.15, -0.1) is 0 Å². The van der Waals surface area contributed by atoms with Crippen molar-refractivity contribution in [3.05, 3.63) is 64.3 Å². The maximum atomic E-state index is 11.8. The van der Waals surface area contributed by atoms with Crippen molar-refractivity contribution >= 4 is 17.3 Å². The molecule has 0 atom stereocenters. The van der Waals surface area contributed by atoms with Crippen LogP contribution in [0.4, 0.5) is 4.79 Å². The highest BCUT2D eigenvalue weighted by molar-refractivity contribution is 5.71. The van der Waals surface area contributed by atoms with Crippen molar-refractivity contribution in [1.82, 2.24) is 15.0 Å². The third kappa shape index (κ3) is 2.69. The summed E-state index contributed by atoms with van der Waals surface area (Å²) in [5.41, 5.74) is 2.41. The summed E-state index contributed by atoms with van der Waals surface area (Å²) in [6.07, 6.45) is 0.710. The highest BCUT2D eigenvalue weighted by Gasteiger charge is 2.14. The molecule has 1 N–H and O–H groups in total. The zero-order valence-electron chi connectivity index (χ0n) is 11.8. The number of hydrogen-bond acceptors (Lipinski definition) is 5. The van der Waals surface area contributed by atoms with Crippen LogP contribution in [-0.4, -0.2) is 15.8 Å². The summed E-state index contributed by atoms with van der Waals surface area (Å²) in [4.78, 5) is 32.4. The predicted octanol–water partition coefficient (Wildman–Crippen LogP) is 1.64. The van der Waals surface area contributed by atoms with Gasteiger partial charge in [-0.05, 0) is 30.2 Å². The molecule has 0 aliphatic heterocycles. The van der Waals surface area contributed by atoms with E-state index in [0.29, 0.717) is 6.54 Å². The monoisotopic (exact) mass is 299 g/mol. The summed E-state index contributed by atoms with van der Waals surface area (Å²) >= 11 is 0. The van der Waals surface area contributed by atoms with Crippen molar-refractivity contribution in [3.63, 3.8) is 0 Å². The highest BCUT2D eigenvalue weighted by Crippen LogP contribution is 2.08. The Labute approximate surface area is 125 Å². The predicted molar refractivity (Wildman–Crippen MR) is 78.3 cm³/mol. The van der Waals surface area contributed by atoms with Crippen LogP contribution >= 0.6 is 0 Å². The average Bonchev–Trinajstić information content (AvgIpc) is 2.83. The number of amides is 1. The van der Waals surface area contributed by atoms with Gasteiger partial charge in [0.05, 0.1) is 0 Å². The van der Waals surface area contributed by atoms with Crippen LogP contribution in [0, 0.1) is 6.92 Å². The van der Waals surface area contributed by atoms with Gasteiger partial charge in [-0.1, -0.05) is 29.0 Å². The quantitative estimate of drug-likeness (QED) is 0.794. The first-order chi connectivity index (χ1) is 10.6. The van der Waals surface area contributed by atoms with E-state index in [2.05, 4.69) is 10.3 Å². The van der Waals surface area contributed by atoms with Crippen LogP contribution in [0.25, 0.3) is 11.2 Å². The third-order valence-corrected chi connectivity index (χ3v) is 3.16. The topological polar surface area (TPSA) is 86.4 Å². The molecule has 112 valence electrons. The molecule has 0 unspecified atom stereocenters. The van der Waals surface area contributed by atoms with Crippen LogP contribution in [0.15, 0.2) is 51.8 Å². The van der Waals surface area contributed by atoms with E-state index in [4.69, 9.17) is 9.25 Å². The molecule has 1 amide bonds. The Morgan fingerprint density at radius 3 is 2.95 bits per heavy atom. The summed E-state index contributed by atoms with van der Waals surface area (Å²) in [6, 6.07) is 10.8. The molecule has 3 rings (SSSR count). The Morgan fingerprint density at radius 2 is 2.14 bits per heavy atom. The van der Waals surface area contributed by atoms with E-state index in [9.17, 15) is 9.59 Å². The summed E-state index contributed by atoms with van der Waals surface area (Å²) < 4.78 is 5.65. The molecule has 1 aromatic carbocycles. The van der Waals surface area contributed by atoms with Gasteiger partial charge in [-0.3, -0.25) is 0 Å². The Hall–Kier alpha value is -3.09. The number of aromatic nitrogens is 2. The molecule has 0 spiro atoms. The summed E-state index contributed by atoms with van der Waals surface area (Å²) in [6.45, 7) is 2.24.